The fraction of sp³-hybridized carbons (Fsp3) is 0.600. The van der Waals surface area contributed by atoms with Crippen molar-refractivity contribution in [3.05, 3.63) is 53.1 Å². The Morgan fingerprint density at radius 3 is 1.82 bits per heavy atom. The molecule has 0 spiro atoms. The van der Waals surface area contributed by atoms with Crippen LogP contribution in [0.15, 0.2) is 47.4 Å². The Labute approximate surface area is 244 Å². The zero-order chi connectivity index (χ0) is 29.4. The summed E-state index contributed by atoms with van der Waals surface area (Å²) in [4.78, 5) is 0.247. The van der Waals surface area contributed by atoms with Gasteiger partial charge in [-0.1, -0.05) is 59.2 Å². The van der Waals surface area contributed by atoms with Crippen molar-refractivity contribution in [2.45, 2.75) is 120 Å². The molecule has 0 aromatic heterocycles. The minimum atomic E-state index is -3.58. The van der Waals surface area contributed by atoms with Gasteiger partial charge in [0.2, 0.25) is 26.7 Å². The predicted octanol–water partition coefficient (Wildman–Crippen LogP) is 9.11. The fourth-order valence-electron chi connectivity index (χ4n) is 4.30. The first kappa shape index (κ1) is 32.2. The van der Waals surface area contributed by atoms with Gasteiger partial charge in [0, 0.05) is 17.1 Å². The molecule has 0 bridgehead atoms. The second kappa shape index (κ2) is 11.5. The van der Waals surface area contributed by atoms with Crippen LogP contribution in [0.1, 0.15) is 78.7 Å². The molecule has 0 unspecified atom stereocenters. The van der Waals surface area contributed by atoms with E-state index in [0.717, 1.165) is 37.2 Å². The summed E-state index contributed by atoms with van der Waals surface area (Å²) < 4.78 is 42.3. The second-order valence-corrected chi connectivity index (χ2v) is 25.6. The number of nitrogens with one attached hydrogen (secondary N) is 1. The lowest BCUT2D eigenvalue weighted by molar-refractivity contribution is 0.367. The van der Waals surface area contributed by atoms with Crippen molar-refractivity contribution in [1.82, 2.24) is 4.72 Å². The van der Waals surface area contributed by atoms with Crippen molar-refractivity contribution in [2.75, 3.05) is 0 Å². The first-order valence-corrected chi connectivity index (χ1v) is 21.7. The van der Waals surface area contributed by atoms with Gasteiger partial charge in [-0.25, -0.2) is 13.1 Å². The summed E-state index contributed by atoms with van der Waals surface area (Å²) in [6, 6.07) is 12.6. The van der Waals surface area contributed by atoms with Crippen LogP contribution in [0.2, 0.25) is 41.3 Å². The quantitative estimate of drug-likeness (QED) is 0.303. The summed E-state index contributed by atoms with van der Waals surface area (Å²) in [6.07, 6.45) is 3.34. The van der Waals surface area contributed by atoms with Gasteiger partial charge in [-0.3, -0.25) is 0 Å². The molecule has 9 heteroatoms. The molecule has 0 amide bonds. The van der Waals surface area contributed by atoms with E-state index in [4.69, 9.17) is 20.5 Å². The van der Waals surface area contributed by atoms with Gasteiger partial charge in [-0.15, -0.1) is 0 Å². The Balaban J connectivity index is 1.82. The standard InChI is InChI=1S/C30H48ClNO4SSi2/c1-29(2,3)38(7,8)35-25-17-20-27(28(21-25)36-39(9,10)30(4,5)6)22-11-15-24(16-12-22)32-37(33,34)26-18-13-23(31)14-19-26/h13-14,17-22,24,32H,11-12,15-16H2,1-10H3. The van der Waals surface area contributed by atoms with Gasteiger partial charge >= 0.3 is 0 Å². The summed E-state index contributed by atoms with van der Waals surface area (Å²) >= 11 is 5.94. The molecule has 0 radical (unpaired) electrons. The van der Waals surface area contributed by atoms with E-state index in [2.05, 4.69) is 90.7 Å². The average molecular weight is 610 g/mol. The van der Waals surface area contributed by atoms with E-state index >= 15 is 0 Å². The van der Waals surface area contributed by atoms with Crippen LogP contribution < -0.4 is 13.6 Å². The third-order valence-corrected chi connectivity index (χ3v) is 19.4. The molecule has 0 atom stereocenters. The highest BCUT2D eigenvalue weighted by atomic mass is 35.5. The molecule has 39 heavy (non-hydrogen) atoms. The molecule has 0 heterocycles. The summed E-state index contributed by atoms with van der Waals surface area (Å²) in [7, 11) is -7.67. The molecule has 1 saturated carbocycles. The SMILES string of the molecule is CC(C)(C)[Si](C)(C)Oc1ccc(C2CCC(NS(=O)(=O)c3ccc(Cl)cc3)CC2)c(O[Si](C)(C)C(C)(C)C)c1. The molecule has 2 aromatic rings. The molecule has 0 aliphatic heterocycles. The molecular formula is C30H48ClNO4SSi2. The third kappa shape index (κ3) is 7.91. The average Bonchev–Trinajstić information content (AvgIpc) is 2.78. The smallest absolute Gasteiger partial charge is 0.250 e. The normalized spacial score (nSPS) is 19.6. The number of rotatable bonds is 8. The van der Waals surface area contributed by atoms with E-state index in [1.54, 1.807) is 24.3 Å². The number of hydrogen-bond acceptors (Lipinski definition) is 4. The van der Waals surface area contributed by atoms with Crippen LogP contribution in [0.5, 0.6) is 11.5 Å². The van der Waals surface area contributed by atoms with Crippen LogP contribution in [-0.2, 0) is 10.0 Å². The highest BCUT2D eigenvalue weighted by Crippen LogP contribution is 2.45. The summed E-state index contributed by atoms with van der Waals surface area (Å²) in [6.45, 7) is 22.6. The van der Waals surface area contributed by atoms with E-state index in [9.17, 15) is 8.42 Å². The summed E-state index contributed by atoms with van der Waals surface area (Å²) in [5.41, 5.74) is 1.21. The highest BCUT2D eigenvalue weighted by Gasteiger charge is 2.41. The van der Waals surface area contributed by atoms with Crippen molar-refractivity contribution >= 4 is 38.3 Å². The molecule has 1 N–H and O–H groups in total. The van der Waals surface area contributed by atoms with Gasteiger partial charge in [0.1, 0.15) is 11.5 Å². The Kier molecular flexibility index (Phi) is 9.50. The lowest BCUT2D eigenvalue weighted by Crippen LogP contribution is -2.44. The van der Waals surface area contributed by atoms with E-state index < -0.39 is 26.7 Å². The summed E-state index contributed by atoms with van der Waals surface area (Å²) in [5, 5.41) is 0.688. The lowest BCUT2D eigenvalue weighted by atomic mass is 9.81. The monoisotopic (exact) mass is 609 g/mol. The van der Waals surface area contributed by atoms with Crippen LogP contribution >= 0.6 is 11.6 Å². The number of halogens is 1. The van der Waals surface area contributed by atoms with E-state index in [-0.39, 0.29) is 21.0 Å². The minimum absolute atomic E-state index is 0.0676. The van der Waals surface area contributed by atoms with Crippen LogP contribution in [0.3, 0.4) is 0 Å². The van der Waals surface area contributed by atoms with Gasteiger partial charge in [0.15, 0.2) is 0 Å². The molecule has 5 nitrogen and oxygen atoms in total. The zero-order valence-corrected chi connectivity index (χ0v) is 29.0. The number of benzene rings is 2. The highest BCUT2D eigenvalue weighted by molar-refractivity contribution is 7.89. The van der Waals surface area contributed by atoms with Gasteiger partial charge in [-0.05, 0) is 104 Å². The third-order valence-electron chi connectivity index (χ3n) is 8.95. The molecule has 1 aliphatic carbocycles. The summed E-state index contributed by atoms with van der Waals surface area (Å²) in [5.74, 6) is 2.12. The van der Waals surface area contributed by atoms with Crippen molar-refractivity contribution in [1.29, 1.82) is 0 Å². The van der Waals surface area contributed by atoms with Gasteiger partial charge in [0.05, 0.1) is 4.90 Å². The fourth-order valence-corrected chi connectivity index (χ4v) is 7.79. The number of sulfonamides is 1. The van der Waals surface area contributed by atoms with Crippen molar-refractivity contribution in [2.24, 2.45) is 0 Å². The van der Waals surface area contributed by atoms with Crippen LogP contribution in [0.25, 0.3) is 0 Å². The Morgan fingerprint density at radius 1 is 0.795 bits per heavy atom. The maximum atomic E-state index is 12.9. The van der Waals surface area contributed by atoms with Crippen LogP contribution in [0, 0.1) is 0 Å². The molecule has 1 aliphatic rings. The lowest BCUT2D eigenvalue weighted by Gasteiger charge is -2.39. The van der Waals surface area contributed by atoms with Gasteiger partial charge in [-0.2, -0.15) is 0 Å². The van der Waals surface area contributed by atoms with Crippen LogP contribution in [-0.4, -0.2) is 31.1 Å². The van der Waals surface area contributed by atoms with Crippen molar-refractivity contribution in [3.8, 4) is 11.5 Å². The maximum Gasteiger partial charge on any atom is 0.250 e. The molecule has 218 valence electrons. The van der Waals surface area contributed by atoms with Crippen molar-refractivity contribution in [3.63, 3.8) is 0 Å². The largest absolute Gasteiger partial charge is 0.543 e. The Bertz CT molecular complexity index is 1240. The molecule has 3 rings (SSSR count). The van der Waals surface area contributed by atoms with E-state index in [0.29, 0.717) is 10.9 Å². The molecule has 2 aromatic carbocycles. The number of hydrogen-bond donors (Lipinski definition) is 1. The molecular weight excluding hydrogens is 562 g/mol. The second-order valence-electron chi connectivity index (χ2n) is 14.0. The maximum absolute atomic E-state index is 12.9. The van der Waals surface area contributed by atoms with Gasteiger partial charge < -0.3 is 8.85 Å². The Morgan fingerprint density at radius 2 is 1.31 bits per heavy atom. The van der Waals surface area contributed by atoms with Crippen molar-refractivity contribution < 1.29 is 17.3 Å². The Hall–Kier alpha value is -1.33. The van der Waals surface area contributed by atoms with Crippen LogP contribution in [0.4, 0.5) is 0 Å². The molecule has 0 saturated heterocycles. The predicted molar refractivity (Wildman–Crippen MR) is 169 cm³/mol. The van der Waals surface area contributed by atoms with E-state index in [1.807, 2.05) is 0 Å². The first-order chi connectivity index (χ1) is 17.7. The minimum Gasteiger partial charge on any atom is -0.543 e. The van der Waals surface area contributed by atoms with E-state index in [1.165, 1.54) is 5.56 Å². The topological polar surface area (TPSA) is 64.6 Å². The zero-order valence-electron chi connectivity index (χ0n) is 25.4. The molecule has 1 fully saturated rings. The van der Waals surface area contributed by atoms with Gasteiger partial charge in [0.25, 0.3) is 0 Å². The first-order valence-electron chi connectivity index (χ1n) is 14.0.